The average molecular weight is 316 g/mol. The van der Waals surface area contributed by atoms with Crippen molar-refractivity contribution in [2.24, 2.45) is 5.73 Å². The number of hydrogen-bond donors (Lipinski definition) is 2. The molecule has 0 aliphatic rings. The number of nitriles is 1. The Morgan fingerprint density at radius 3 is 2.53 bits per heavy atom. The zero-order valence-electron chi connectivity index (χ0n) is 10.4. The summed E-state index contributed by atoms with van der Waals surface area (Å²) in [4.78, 5) is 0. The van der Waals surface area contributed by atoms with Gasteiger partial charge in [0, 0.05) is 17.6 Å². The molecule has 4 heteroatoms. The van der Waals surface area contributed by atoms with Crippen molar-refractivity contribution in [2.75, 3.05) is 5.32 Å². The highest BCUT2D eigenvalue weighted by atomic mass is 79.9. The molecule has 0 bridgehead atoms. The maximum Gasteiger partial charge on any atom is 0.103 e. The first-order valence-corrected chi connectivity index (χ1v) is 6.75. The Morgan fingerprint density at radius 2 is 1.84 bits per heavy atom. The molecule has 0 unspecified atom stereocenters. The van der Waals surface area contributed by atoms with Gasteiger partial charge in [-0.1, -0.05) is 30.3 Å². The first-order valence-electron chi connectivity index (χ1n) is 5.95. The Bertz CT molecular complexity index is 617. The van der Waals surface area contributed by atoms with Crippen LogP contribution in [0, 0.1) is 11.3 Å². The lowest BCUT2D eigenvalue weighted by Gasteiger charge is -2.12. The fraction of sp³-hybridized carbons (Fsp3) is 0.133. The Labute approximate surface area is 121 Å². The van der Waals surface area contributed by atoms with E-state index in [2.05, 4.69) is 27.3 Å². The topological polar surface area (TPSA) is 61.8 Å². The molecule has 19 heavy (non-hydrogen) atoms. The van der Waals surface area contributed by atoms with Gasteiger partial charge >= 0.3 is 0 Å². The quantitative estimate of drug-likeness (QED) is 0.909. The number of rotatable bonds is 4. The van der Waals surface area contributed by atoms with E-state index < -0.39 is 0 Å². The molecule has 0 saturated heterocycles. The van der Waals surface area contributed by atoms with Crippen LogP contribution in [0.4, 0.5) is 5.69 Å². The van der Waals surface area contributed by atoms with E-state index in [1.165, 1.54) is 0 Å². The summed E-state index contributed by atoms with van der Waals surface area (Å²) in [5.41, 5.74) is 9.41. The summed E-state index contributed by atoms with van der Waals surface area (Å²) in [6, 6.07) is 15.9. The zero-order chi connectivity index (χ0) is 13.7. The molecule has 2 aromatic rings. The molecule has 0 spiro atoms. The lowest BCUT2D eigenvalue weighted by Crippen LogP contribution is -2.07. The SMILES string of the molecule is N#Cc1c(Br)cccc1NCc1ccccc1CN. The van der Waals surface area contributed by atoms with Crippen molar-refractivity contribution in [3.05, 3.63) is 63.6 Å². The summed E-state index contributed by atoms with van der Waals surface area (Å²) in [6.45, 7) is 1.17. The molecule has 2 rings (SSSR count). The molecule has 0 aromatic heterocycles. The third-order valence-corrected chi connectivity index (χ3v) is 3.59. The predicted molar refractivity (Wildman–Crippen MR) is 80.5 cm³/mol. The predicted octanol–water partition coefficient (Wildman–Crippen LogP) is 3.39. The largest absolute Gasteiger partial charge is 0.380 e. The van der Waals surface area contributed by atoms with E-state index >= 15 is 0 Å². The third kappa shape index (κ3) is 3.14. The van der Waals surface area contributed by atoms with E-state index in [0.717, 1.165) is 21.3 Å². The molecule has 0 heterocycles. The molecule has 0 fully saturated rings. The minimum Gasteiger partial charge on any atom is -0.380 e. The molecule has 0 saturated carbocycles. The molecule has 0 atom stereocenters. The summed E-state index contributed by atoms with van der Waals surface area (Å²) in [5, 5.41) is 12.4. The standard InChI is InChI=1S/C15H14BrN3/c16-14-6-3-7-15(13(14)9-18)19-10-12-5-2-1-4-11(12)8-17/h1-7,19H,8,10,17H2. The van der Waals surface area contributed by atoms with E-state index in [-0.39, 0.29) is 0 Å². The van der Waals surface area contributed by atoms with Crippen molar-refractivity contribution in [3.8, 4) is 6.07 Å². The first kappa shape index (κ1) is 13.6. The van der Waals surface area contributed by atoms with Crippen LogP contribution in [0.15, 0.2) is 46.9 Å². The van der Waals surface area contributed by atoms with Gasteiger partial charge in [-0.2, -0.15) is 5.26 Å². The Morgan fingerprint density at radius 1 is 1.11 bits per heavy atom. The maximum absolute atomic E-state index is 9.16. The normalized spacial score (nSPS) is 9.95. The van der Waals surface area contributed by atoms with Gasteiger partial charge in [-0.25, -0.2) is 0 Å². The second kappa shape index (κ2) is 6.37. The van der Waals surface area contributed by atoms with E-state index in [4.69, 9.17) is 11.0 Å². The highest BCUT2D eigenvalue weighted by Gasteiger charge is 2.06. The molecular formula is C15H14BrN3. The van der Waals surface area contributed by atoms with E-state index in [1.807, 2.05) is 42.5 Å². The van der Waals surface area contributed by atoms with Crippen LogP contribution in [0.5, 0.6) is 0 Å². The van der Waals surface area contributed by atoms with Crippen molar-refractivity contribution < 1.29 is 0 Å². The number of nitrogens with zero attached hydrogens (tertiary/aromatic N) is 1. The minimum atomic E-state index is 0.515. The number of halogens is 1. The summed E-state index contributed by atoms with van der Waals surface area (Å²) >= 11 is 3.38. The summed E-state index contributed by atoms with van der Waals surface area (Å²) < 4.78 is 0.798. The van der Waals surface area contributed by atoms with Crippen molar-refractivity contribution in [1.82, 2.24) is 0 Å². The van der Waals surface area contributed by atoms with Gasteiger partial charge in [0.1, 0.15) is 6.07 Å². The Hall–Kier alpha value is -1.83. The van der Waals surface area contributed by atoms with Crippen LogP contribution < -0.4 is 11.1 Å². The number of benzene rings is 2. The van der Waals surface area contributed by atoms with Crippen molar-refractivity contribution in [3.63, 3.8) is 0 Å². The van der Waals surface area contributed by atoms with Gasteiger partial charge in [-0.05, 0) is 39.2 Å². The van der Waals surface area contributed by atoms with Crippen LogP contribution in [-0.2, 0) is 13.1 Å². The van der Waals surface area contributed by atoms with Crippen LogP contribution in [0.2, 0.25) is 0 Å². The summed E-state index contributed by atoms with van der Waals surface area (Å²) in [6.07, 6.45) is 0. The number of hydrogen-bond acceptors (Lipinski definition) is 3. The van der Waals surface area contributed by atoms with Gasteiger partial charge in [-0.15, -0.1) is 0 Å². The maximum atomic E-state index is 9.16. The molecule has 3 N–H and O–H groups in total. The molecule has 3 nitrogen and oxygen atoms in total. The minimum absolute atomic E-state index is 0.515. The molecule has 2 aromatic carbocycles. The number of nitrogens with one attached hydrogen (secondary N) is 1. The number of nitrogens with two attached hydrogens (primary N) is 1. The van der Waals surface area contributed by atoms with Gasteiger partial charge in [0.25, 0.3) is 0 Å². The van der Waals surface area contributed by atoms with Crippen LogP contribution in [0.1, 0.15) is 16.7 Å². The monoisotopic (exact) mass is 315 g/mol. The fourth-order valence-corrected chi connectivity index (χ4v) is 2.36. The van der Waals surface area contributed by atoms with Crippen LogP contribution in [0.25, 0.3) is 0 Å². The summed E-state index contributed by atoms with van der Waals surface area (Å²) in [7, 11) is 0. The van der Waals surface area contributed by atoms with Gasteiger partial charge in [0.05, 0.1) is 11.3 Å². The van der Waals surface area contributed by atoms with Crippen LogP contribution >= 0.6 is 15.9 Å². The van der Waals surface area contributed by atoms with E-state index in [9.17, 15) is 0 Å². The molecule has 96 valence electrons. The molecule has 0 aliphatic heterocycles. The molecule has 0 aliphatic carbocycles. The smallest absolute Gasteiger partial charge is 0.103 e. The van der Waals surface area contributed by atoms with Crippen molar-refractivity contribution in [2.45, 2.75) is 13.1 Å². The van der Waals surface area contributed by atoms with Crippen LogP contribution in [0.3, 0.4) is 0 Å². The second-order valence-corrected chi connectivity index (χ2v) is 4.95. The van der Waals surface area contributed by atoms with Gasteiger partial charge < -0.3 is 11.1 Å². The number of anilines is 1. The van der Waals surface area contributed by atoms with E-state index in [0.29, 0.717) is 18.7 Å². The Kier molecular flexibility index (Phi) is 4.56. The highest BCUT2D eigenvalue weighted by molar-refractivity contribution is 9.10. The third-order valence-electron chi connectivity index (χ3n) is 2.93. The zero-order valence-corrected chi connectivity index (χ0v) is 11.9. The highest BCUT2D eigenvalue weighted by Crippen LogP contribution is 2.24. The van der Waals surface area contributed by atoms with Crippen molar-refractivity contribution >= 4 is 21.6 Å². The van der Waals surface area contributed by atoms with Gasteiger partial charge in [0.15, 0.2) is 0 Å². The lowest BCUT2D eigenvalue weighted by atomic mass is 10.1. The van der Waals surface area contributed by atoms with E-state index in [1.54, 1.807) is 0 Å². The fourth-order valence-electron chi connectivity index (χ4n) is 1.90. The van der Waals surface area contributed by atoms with Crippen molar-refractivity contribution in [1.29, 1.82) is 5.26 Å². The lowest BCUT2D eigenvalue weighted by molar-refractivity contribution is 1.01. The van der Waals surface area contributed by atoms with Gasteiger partial charge in [0.2, 0.25) is 0 Å². The average Bonchev–Trinajstić information content (AvgIpc) is 2.45. The summed E-state index contributed by atoms with van der Waals surface area (Å²) in [5.74, 6) is 0. The molecule has 0 radical (unpaired) electrons. The second-order valence-electron chi connectivity index (χ2n) is 4.10. The Balaban J connectivity index is 2.20. The first-order chi connectivity index (χ1) is 9.26. The molecular weight excluding hydrogens is 302 g/mol. The molecule has 0 amide bonds. The van der Waals surface area contributed by atoms with Crippen LogP contribution in [-0.4, -0.2) is 0 Å². The van der Waals surface area contributed by atoms with Gasteiger partial charge in [-0.3, -0.25) is 0 Å².